The number of rotatable bonds is 3. The molecule has 2 aromatic rings. The largest absolute Gasteiger partial charge is 0.355 e. The zero-order valence-electron chi connectivity index (χ0n) is 11.8. The Morgan fingerprint density at radius 1 is 1.24 bits per heavy atom. The number of aromatic amines is 2. The molecule has 7 nitrogen and oxygen atoms in total. The van der Waals surface area contributed by atoms with E-state index < -0.39 is 5.69 Å². The maximum Gasteiger partial charge on any atom is 0.327 e. The Morgan fingerprint density at radius 3 is 2.62 bits per heavy atom. The molecule has 0 saturated carbocycles. The van der Waals surface area contributed by atoms with Crippen LogP contribution in [-0.4, -0.2) is 46.0 Å². The van der Waals surface area contributed by atoms with Crippen molar-refractivity contribution in [2.75, 3.05) is 31.1 Å². The fourth-order valence-corrected chi connectivity index (χ4v) is 3.09. The maximum atomic E-state index is 11.3. The minimum atomic E-state index is -0.460. The third-order valence-electron chi connectivity index (χ3n) is 3.51. The molecule has 0 bridgehead atoms. The van der Waals surface area contributed by atoms with Gasteiger partial charge in [0.05, 0.1) is 10.7 Å². The van der Waals surface area contributed by atoms with Gasteiger partial charge in [-0.25, -0.2) is 9.78 Å². The average molecular weight is 307 g/mol. The second-order valence-electron chi connectivity index (χ2n) is 5.09. The van der Waals surface area contributed by atoms with Crippen molar-refractivity contribution in [3.05, 3.63) is 43.0 Å². The van der Waals surface area contributed by atoms with Gasteiger partial charge < -0.3 is 4.90 Å². The molecule has 2 N–H and O–H groups in total. The van der Waals surface area contributed by atoms with E-state index in [0.717, 1.165) is 43.4 Å². The monoisotopic (exact) mass is 307 g/mol. The van der Waals surface area contributed by atoms with E-state index in [4.69, 9.17) is 0 Å². The van der Waals surface area contributed by atoms with E-state index in [-0.39, 0.29) is 5.56 Å². The van der Waals surface area contributed by atoms with Crippen LogP contribution in [0.3, 0.4) is 0 Å². The van der Waals surface area contributed by atoms with Crippen LogP contribution in [0.1, 0.15) is 10.7 Å². The molecule has 3 rings (SSSR count). The van der Waals surface area contributed by atoms with Crippen molar-refractivity contribution < 1.29 is 0 Å². The van der Waals surface area contributed by atoms with Gasteiger partial charge in [0.25, 0.3) is 5.56 Å². The van der Waals surface area contributed by atoms with E-state index >= 15 is 0 Å². The molecule has 1 fully saturated rings. The van der Waals surface area contributed by atoms with Crippen LogP contribution in [0.25, 0.3) is 0 Å². The van der Waals surface area contributed by atoms with Crippen molar-refractivity contribution >= 4 is 17.2 Å². The normalized spacial score (nSPS) is 16.3. The summed E-state index contributed by atoms with van der Waals surface area (Å²) < 4.78 is 0. The minimum Gasteiger partial charge on any atom is -0.355 e. The van der Waals surface area contributed by atoms with Crippen molar-refractivity contribution in [3.63, 3.8) is 0 Å². The number of nitrogens with one attached hydrogen (secondary N) is 2. The molecule has 0 amide bonds. The molecular weight excluding hydrogens is 290 g/mol. The zero-order chi connectivity index (χ0) is 14.8. The first kappa shape index (κ1) is 14.0. The molecule has 0 unspecified atom stereocenters. The van der Waals surface area contributed by atoms with Gasteiger partial charge in [0.15, 0.2) is 0 Å². The smallest absolute Gasteiger partial charge is 0.327 e. The van der Waals surface area contributed by atoms with Gasteiger partial charge in [-0.15, -0.1) is 11.3 Å². The lowest BCUT2D eigenvalue weighted by atomic mass is 10.3. The summed E-state index contributed by atoms with van der Waals surface area (Å²) in [6.07, 6.45) is 0. The number of aromatic nitrogens is 3. The van der Waals surface area contributed by atoms with Crippen LogP contribution < -0.4 is 16.1 Å². The summed E-state index contributed by atoms with van der Waals surface area (Å²) in [7, 11) is 0. The van der Waals surface area contributed by atoms with Crippen LogP contribution in [0.4, 0.5) is 5.82 Å². The van der Waals surface area contributed by atoms with Gasteiger partial charge in [-0.1, -0.05) is 0 Å². The number of nitrogens with zero attached hydrogens (tertiary/aromatic N) is 3. The Bertz CT molecular complexity index is 698. The highest BCUT2D eigenvalue weighted by Crippen LogP contribution is 2.14. The fourth-order valence-electron chi connectivity index (χ4n) is 2.48. The van der Waals surface area contributed by atoms with Gasteiger partial charge in [0.1, 0.15) is 5.82 Å². The van der Waals surface area contributed by atoms with E-state index in [1.54, 1.807) is 11.3 Å². The summed E-state index contributed by atoms with van der Waals surface area (Å²) in [4.78, 5) is 36.3. The molecule has 0 atom stereocenters. The highest BCUT2D eigenvalue weighted by molar-refractivity contribution is 7.09. The Balaban J connectivity index is 1.62. The van der Waals surface area contributed by atoms with Crippen LogP contribution in [0.5, 0.6) is 0 Å². The topological polar surface area (TPSA) is 85.1 Å². The summed E-state index contributed by atoms with van der Waals surface area (Å²) in [5.41, 5.74) is 0.280. The summed E-state index contributed by atoms with van der Waals surface area (Å²) in [6.45, 7) is 6.18. The molecule has 0 spiro atoms. The van der Waals surface area contributed by atoms with E-state index in [9.17, 15) is 9.59 Å². The molecule has 0 aromatic carbocycles. The second-order valence-corrected chi connectivity index (χ2v) is 6.16. The van der Waals surface area contributed by atoms with Gasteiger partial charge in [-0.2, -0.15) is 0 Å². The lowest BCUT2D eigenvalue weighted by Gasteiger charge is -2.35. The molecule has 1 aliphatic heterocycles. The van der Waals surface area contributed by atoms with Gasteiger partial charge in [0.2, 0.25) is 0 Å². The average Bonchev–Trinajstić information content (AvgIpc) is 2.84. The van der Waals surface area contributed by atoms with E-state index in [1.165, 1.54) is 6.07 Å². The number of aryl methyl sites for hydroxylation is 1. The third kappa shape index (κ3) is 3.40. The summed E-state index contributed by atoms with van der Waals surface area (Å²) in [6, 6.07) is 1.43. The SMILES string of the molecule is Cc1nc(CN2CCN(c3cc(=O)[nH]c(=O)[nH]3)CC2)cs1. The number of hydrogen-bond acceptors (Lipinski definition) is 6. The first-order valence-corrected chi connectivity index (χ1v) is 7.70. The van der Waals surface area contributed by atoms with Crippen molar-refractivity contribution in [2.24, 2.45) is 0 Å². The molecule has 3 heterocycles. The summed E-state index contributed by atoms with van der Waals surface area (Å²) >= 11 is 1.67. The van der Waals surface area contributed by atoms with Gasteiger partial charge in [0, 0.05) is 44.2 Å². The predicted molar refractivity (Wildman–Crippen MR) is 82.0 cm³/mol. The zero-order valence-corrected chi connectivity index (χ0v) is 12.6. The first-order chi connectivity index (χ1) is 10.1. The second kappa shape index (κ2) is 5.82. The molecule has 2 aromatic heterocycles. The van der Waals surface area contributed by atoms with Crippen LogP contribution in [0, 0.1) is 6.92 Å². The minimum absolute atomic E-state index is 0.367. The van der Waals surface area contributed by atoms with Crippen LogP contribution in [0.2, 0.25) is 0 Å². The Kier molecular flexibility index (Phi) is 3.89. The molecule has 1 aliphatic rings. The summed E-state index contributed by atoms with van der Waals surface area (Å²) in [5.74, 6) is 0.591. The summed E-state index contributed by atoms with van der Waals surface area (Å²) in [5, 5.41) is 3.18. The third-order valence-corrected chi connectivity index (χ3v) is 4.33. The van der Waals surface area contributed by atoms with Crippen molar-refractivity contribution in [3.8, 4) is 0 Å². The molecule has 0 aliphatic carbocycles. The van der Waals surface area contributed by atoms with Crippen LogP contribution >= 0.6 is 11.3 Å². The Hall–Kier alpha value is -1.93. The van der Waals surface area contributed by atoms with E-state index in [2.05, 4.69) is 25.2 Å². The fraction of sp³-hybridized carbons (Fsp3) is 0.462. The van der Waals surface area contributed by atoms with Gasteiger partial charge in [-0.3, -0.25) is 19.7 Å². The lowest BCUT2D eigenvalue weighted by molar-refractivity contribution is 0.247. The standard InChI is InChI=1S/C13H17N5O2S/c1-9-14-10(8-21-9)7-17-2-4-18(5-3-17)11-6-12(19)16-13(20)15-11/h6,8H,2-5,7H2,1H3,(H2,15,16,19,20). The van der Waals surface area contributed by atoms with Crippen molar-refractivity contribution in [2.45, 2.75) is 13.5 Å². The first-order valence-electron chi connectivity index (χ1n) is 6.82. The van der Waals surface area contributed by atoms with Crippen molar-refractivity contribution in [1.29, 1.82) is 0 Å². The highest BCUT2D eigenvalue weighted by atomic mass is 32.1. The van der Waals surface area contributed by atoms with E-state index in [1.807, 2.05) is 11.8 Å². The van der Waals surface area contributed by atoms with Gasteiger partial charge >= 0.3 is 5.69 Å². The number of piperazine rings is 1. The lowest BCUT2D eigenvalue weighted by Crippen LogP contribution is -2.47. The highest BCUT2D eigenvalue weighted by Gasteiger charge is 2.18. The predicted octanol–water partition coefficient (Wildman–Crippen LogP) is 0.150. The number of thiazole rings is 1. The van der Waals surface area contributed by atoms with E-state index in [0.29, 0.717) is 5.82 Å². The number of H-pyrrole nitrogens is 2. The van der Waals surface area contributed by atoms with Gasteiger partial charge in [-0.05, 0) is 6.92 Å². The number of hydrogen-bond donors (Lipinski definition) is 2. The molecular formula is C13H17N5O2S. The quantitative estimate of drug-likeness (QED) is 0.843. The van der Waals surface area contributed by atoms with Crippen LogP contribution in [-0.2, 0) is 6.54 Å². The Labute approximate surface area is 125 Å². The van der Waals surface area contributed by atoms with Crippen molar-refractivity contribution in [1.82, 2.24) is 19.9 Å². The Morgan fingerprint density at radius 2 is 2.00 bits per heavy atom. The van der Waals surface area contributed by atoms with Crippen LogP contribution in [0.15, 0.2) is 21.0 Å². The molecule has 112 valence electrons. The molecule has 1 saturated heterocycles. The molecule has 8 heteroatoms. The molecule has 21 heavy (non-hydrogen) atoms. The maximum absolute atomic E-state index is 11.3. The molecule has 0 radical (unpaired) electrons. The number of anilines is 1.